The van der Waals surface area contributed by atoms with Crippen LogP contribution in [0.3, 0.4) is 0 Å². The van der Waals surface area contributed by atoms with Gasteiger partial charge >= 0.3 is 5.97 Å². The van der Waals surface area contributed by atoms with Crippen LogP contribution in [0.4, 0.5) is 0 Å². The summed E-state index contributed by atoms with van der Waals surface area (Å²) in [6, 6.07) is 14.5. The standard InChI is InChI=1S/C22H23NO3S2/c1-14-5-7-17(8-6-14)22-23-16(3)20(28-22)13-27-18-9-10-19(15(2)11-18)26-12-21(24)25-4/h5-11H,12-13H2,1-4H3. The molecule has 0 aliphatic heterocycles. The van der Waals surface area contributed by atoms with E-state index in [1.807, 2.05) is 19.1 Å². The fourth-order valence-electron chi connectivity index (χ4n) is 2.60. The number of aryl methyl sites for hydroxylation is 3. The second kappa shape index (κ2) is 9.26. The number of rotatable bonds is 7. The summed E-state index contributed by atoms with van der Waals surface area (Å²) in [4.78, 5) is 18.4. The van der Waals surface area contributed by atoms with Crippen molar-refractivity contribution in [3.05, 3.63) is 64.2 Å². The van der Waals surface area contributed by atoms with Gasteiger partial charge in [0.25, 0.3) is 0 Å². The number of hydrogen-bond donors (Lipinski definition) is 0. The Bertz CT molecular complexity index is 964. The van der Waals surface area contributed by atoms with Crippen molar-refractivity contribution in [3.8, 4) is 16.3 Å². The Morgan fingerprint density at radius 3 is 2.54 bits per heavy atom. The SMILES string of the molecule is COC(=O)COc1ccc(SCc2sc(-c3ccc(C)cc3)nc2C)cc1C. The van der Waals surface area contributed by atoms with Gasteiger partial charge in [-0.15, -0.1) is 23.1 Å². The Morgan fingerprint density at radius 2 is 1.86 bits per heavy atom. The van der Waals surface area contributed by atoms with Crippen molar-refractivity contribution in [2.45, 2.75) is 31.4 Å². The number of carbonyl (C=O) groups excluding carboxylic acids is 1. The zero-order chi connectivity index (χ0) is 20.1. The number of methoxy groups -OCH3 is 1. The molecule has 4 nitrogen and oxygen atoms in total. The van der Waals surface area contributed by atoms with E-state index in [2.05, 4.69) is 48.9 Å². The highest BCUT2D eigenvalue weighted by atomic mass is 32.2. The third kappa shape index (κ3) is 5.14. The molecule has 2 aromatic carbocycles. The second-order valence-corrected chi connectivity index (χ2v) is 8.61. The molecule has 146 valence electrons. The number of hydrogen-bond acceptors (Lipinski definition) is 6. The van der Waals surface area contributed by atoms with Gasteiger partial charge in [-0.1, -0.05) is 29.8 Å². The molecule has 3 aromatic rings. The van der Waals surface area contributed by atoms with E-state index in [4.69, 9.17) is 9.72 Å². The fourth-order valence-corrected chi connectivity index (χ4v) is 4.81. The molecule has 0 fully saturated rings. The van der Waals surface area contributed by atoms with Crippen molar-refractivity contribution < 1.29 is 14.3 Å². The summed E-state index contributed by atoms with van der Waals surface area (Å²) in [7, 11) is 1.35. The molecule has 0 N–H and O–H groups in total. The maximum Gasteiger partial charge on any atom is 0.343 e. The van der Waals surface area contributed by atoms with Crippen LogP contribution in [0.25, 0.3) is 10.6 Å². The largest absolute Gasteiger partial charge is 0.482 e. The summed E-state index contributed by atoms with van der Waals surface area (Å²) in [5.41, 5.74) is 4.50. The van der Waals surface area contributed by atoms with Gasteiger partial charge in [0.05, 0.1) is 12.8 Å². The van der Waals surface area contributed by atoms with E-state index >= 15 is 0 Å². The maximum atomic E-state index is 11.2. The number of carbonyl (C=O) groups is 1. The van der Waals surface area contributed by atoms with E-state index in [1.165, 1.54) is 17.6 Å². The number of ether oxygens (including phenoxy) is 2. The van der Waals surface area contributed by atoms with Crippen LogP contribution in [0.15, 0.2) is 47.4 Å². The van der Waals surface area contributed by atoms with Gasteiger partial charge in [0.15, 0.2) is 6.61 Å². The summed E-state index contributed by atoms with van der Waals surface area (Å²) in [6.07, 6.45) is 0. The molecule has 0 radical (unpaired) electrons. The molecule has 1 aromatic heterocycles. The highest BCUT2D eigenvalue weighted by molar-refractivity contribution is 7.98. The van der Waals surface area contributed by atoms with Gasteiger partial charge in [-0.05, 0) is 44.5 Å². The van der Waals surface area contributed by atoms with Gasteiger partial charge < -0.3 is 9.47 Å². The van der Waals surface area contributed by atoms with Crippen LogP contribution in [-0.4, -0.2) is 24.7 Å². The highest BCUT2D eigenvalue weighted by Crippen LogP contribution is 2.34. The lowest BCUT2D eigenvalue weighted by Gasteiger charge is -2.09. The molecule has 0 aliphatic rings. The maximum absolute atomic E-state index is 11.2. The van der Waals surface area contributed by atoms with Crippen LogP contribution in [0, 0.1) is 20.8 Å². The van der Waals surface area contributed by atoms with Gasteiger partial charge in [-0.3, -0.25) is 0 Å². The molecule has 0 spiro atoms. The van der Waals surface area contributed by atoms with Gasteiger partial charge in [-0.2, -0.15) is 0 Å². The second-order valence-electron chi connectivity index (χ2n) is 6.47. The Labute approximate surface area is 173 Å². The molecule has 6 heteroatoms. The predicted octanol–water partition coefficient (Wildman–Crippen LogP) is 5.58. The average Bonchev–Trinajstić information content (AvgIpc) is 3.06. The van der Waals surface area contributed by atoms with Crippen LogP contribution in [0.1, 0.15) is 21.7 Å². The number of esters is 1. The van der Waals surface area contributed by atoms with Crippen molar-refractivity contribution in [3.63, 3.8) is 0 Å². The third-order valence-electron chi connectivity index (χ3n) is 4.28. The van der Waals surface area contributed by atoms with Crippen LogP contribution < -0.4 is 4.74 Å². The van der Waals surface area contributed by atoms with Crippen molar-refractivity contribution in [1.29, 1.82) is 0 Å². The quantitative estimate of drug-likeness (QED) is 0.374. The summed E-state index contributed by atoms with van der Waals surface area (Å²) in [5.74, 6) is 1.19. The predicted molar refractivity (Wildman–Crippen MR) is 115 cm³/mol. The minimum absolute atomic E-state index is 0.0777. The first kappa shape index (κ1) is 20.4. The van der Waals surface area contributed by atoms with Crippen LogP contribution in [-0.2, 0) is 15.3 Å². The molecule has 0 bridgehead atoms. The minimum Gasteiger partial charge on any atom is -0.482 e. The van der Waals surface area contributed by atoms with E-state index in [1.54, 1.807) is 23.1 Å². The molecule has 0 amide bonds. The van der Waals surface area contributed by atoms with Crippen molar-refractivity contribution in [2.75, 3.05) is 13.7 Å². The van der Waals surface area contributed by atoms with E-state index < -0.39 is 0 Å². The molecule has 3 rings (SSSR count). The van der Waals surface area contributed by atoms with Gasteiger partial charge in [0.2, 0.25) is 0 Å². The molecular weight excluding hydrogens is 390 g/mol. The summed E-state index contributed by atoms with van der Waals surface area (Å²) in [6.45, 7) is 6.06. The van der Waals surface area contributed by atoms with E-state index in [0.29, 0.717) is 5.75 Å². The molecule has 1 heterocycles. The van der Waals surface area contributed by atoms with Gasteiger partial charge in [-0.25, -0.2) is 9.78 Å². The van der Waals surface area contributed by atoms with Gasteiger partial charge in [0, 0.05) is 21.1 Å². The molecule has 0 aliphatic carbocycles. The Morgan fingerprint density at radius 1 is 1.11 bits per heavy atom. The van der Waals surface area contributed by atoms with E-state index in [-0.39, 0.29) is 12.6 Å². The normalized spacial score (nSPS) is 10.7. The minimum atomic E-state index is -0.386. The molecule has 0 saturated heterocycles. The highest BCUT2D eigenvalue weighted by Gasteiger charge is 2.11. The zero-order valence-corrected chi connectivity index (χ0v) is 18.1. The van der Waals surface area contributed by atoms with E-state index in [9.17, 15) is 4.79 Å². The number of thiazole rings is 1. The van der Waals surface area contributed by atoms with Crippen LogP contribution >= 0.6 is 23.1 Å². The molecule has 28 heavy (non-hydrogen) atoms. The van der Waals surface area contributed by atoms with Crippen molar-refractivity contribution in [2.24, 2.45) is 0 Å². The average molecular weight is 414 g/mol. The summed E-state index contributed by atoms with van der Waals surface area (Å²) in [5, 5.41) is 1.07. The summed E-state index contributed by atoms with van der Waals surface area (Å²) < 4.78 is 10.1. The van der Waals surface area contributed by atoms with E-state index in [0.717, 1.165) is 32.5 Å². The van der Waals surface area contributed by atoms with Crippen LogP contribution in [0.2, 0.25) is 0 Å². The first-order valence-corrected chi connectivity index (χ1v) is 10.7. The Kier molecular flexibility index (Phi) is 6.75. The third-order valence-corrected chi connectivity index (χ3v) is 6.69. The molecular formula is C22H23NO3S2. The van der Waals surface area contributed by atoms with Crippen molar-refractivity contribution in [1.82, 2.24) is 4.98 Å². The first-order chi connectivity index (χ1) is 13.5. The number of aromatic nitrogens is 1. The first-order valence-electron chi connectivity index (χ1n) is 8.92. The lowest BCUT2D eigenvalue weighted by atomic mass is 10.2. The summed E-state index contributed by atoms with van der Waals surface area (Å²) >= 11 is 3.52. The van der Waals surface area contributed by atoms with Gasteiger partial charge in [0.1, 0.15) is 10.8 Å². The topological polar surface area (TPSA) is 48.4 Å². The van der Waals surface area contributed by atoms with Crippen LogP contribution in [0.5, 0.6) is 5.75 Å². The molecule has 0 unspecified atom stereocenters. The number of nitrogens with zero attached hydrogens (tertiary/aromatic N) is 1. The number of benzene rings is 2. The fraction of sp³-hybridized carbons (Fsp3) is 0.273. The molecule has 0 saturated carbocycles. The zero-order valence-electron chi connectivity index (χ0n) is 16.4. The van der Waals surface area contributed by atoms with Crippen molar-refractivity contribution >= 4 is 29.1 Å². The number of thioether (sulfide) groups is 1. The Balaban J connectivity index is 1.65. The lowest BCUT2D eigenvalue weighted by Crippen LogP contribution is -2.12. The monoisotopic (exact) mass is 413 g/mol. The lowest BCUT2D eigenvalue weighted by molar-refractivity contribution is -0.142. The smallest absolute Gasteiger partial charge is 0.343 e. The Hall–Kier alpha value is -2.31. The molecule has 0 atom stereocenters.